The predicted molar refractivity (Wildman–Crippen MR) is 76.5 cm³/mol. The molecule has 4 heteroatoms. The van der Waals surface area contributed by atoms with Crippen LogP contribution in [-0.4, -0.2) is 17.2 Å². The van der Waals surface area contributed by atoms with Gasteiger partial charge in [0.05, 0.1) is 11.8 Å². The van der Waals surface area contributed by atoms with E-state index < -0.39 is 0 Å². The van der Waals surface area contributed by atoms with E-state index in [4.69, 9.17) is 15.2 Å². The average Bonchev–Trinajstić information content (AvgIpc) is 2.33. The average molecular weight is 264 g/mol. The van der Waals surface area contributed by atoms with E-state index in [1.54, 1.807) is 6.07 Å². The molecule has 0 saturated heterocycles. The highest BCUT2D eigenvalue weighted by molar-refractivity contribution is 5.49. The second-order valence-corrected chi connectivity index (χ2v) is 5.72. The Morgan fingerprint density at radius 2 is 2.11 bits per heavy atom. The fraction of sp³-hybridized carbons (Fsp3) is 0.667. The lowest BCUT2D eigenvalue weighted by atomic mass is 9.89. The quantitative estimate of drug-likeness (QED) is 0.905. The molecule has 0 radical (unpaired) electrons. The first-order chi connectivity index (χ1) is 9.04. The molecular formula is C15H24N2O2. The van der Waals surface area contributed by atoms with E-state index in [-0.39, 0.29) is 12.2 Å². The number of hydrogen-bond donors (Lipinski definition) is 1. The summed E-state index contributed by atoms with van der Waals surface area (Å²) in [7, 11) is 0. The highest BCUT2D eigenvalue weighted by atomic mass is 16.5. The summed E-state index contributed by atoms with van der Waals surface area (Å²) in [6, 6.07) is 3.62. The molecule has 1 saturated carbocycles. The number of nitrogen functional groups attached to an aromatic ring is 1. The molecule has 2 rings (SSSR count). The van der Waals surface area contributed by atoms with Gasteiger partial charge in [0.15, 0.2) is 0 Å². The van der Waals surface area contributed by atoms with E-state index in [1.807, 2.05) is 19.9 Å². The van der Waals surface area contributed by atoms with Crippen molar-refractivity contribution in [3.05, 3.63) is 12.1 Å². The first kappa shape index (κ1) is 14.0. The van der Waals surface area contributed by atoms with Crippen LogP contribution in [0.25, 0.3) is 0 Å². The smallest absolute Gasteiger partial charge is 0.240 e. The highest BCUT2D eigenvalue weighted by Crippen LogP contribution is 2.29. The van der Waals surface area contributed by atoms with Crippen LogP contribution in [0, 0.1) is 5.92 Å². The normalized spacial score (nSPS) is 23.4. The van der Waals surface area contributed by atoms with Crippen LogP contribution in [0.1, 0.15) is 46.5 Å². The summed E-state index contributed by atoms with van der Waals surface area (Å²) in [5, 5.41) is 0. The maximum Gasteiger partial charge on any atom is 0.240 e. The Balaban J connectivity index is 2.03. The molecular weight excluding hydrogens is 240 g/mol. The number of ether oxygens (including phenoxy) is 2. The summed E-state index contributed by atoms with van der Waals surface area (Å²) in [5.74, 6) is 1.82. The van der Waals surface area contributed by atoms with Crippen LogP contribution < -0.4 is 15.2 Å². The third-order valence-corrected chi connectivity index (χ3v) is 3.39. The number of rotatable bonds is 4. The molecule has 19 heavy (non-hydrogen) atoms. The minimum Gasteiger partial charge on any atom is -0.474 e. The second kappa shape index (κ2) is 6.13. The Morgan fingerprint density at radius 3 is 2.79 bits per heavy atom. The van der Waals surface area contributed by atoms with Gasteiger partial charge in [0.1, 0.15) is 6.10 Å². The minimum absolute atomic E-state index is 0.0553. The SMILES string of the molecule is CC1CCCC(Oc2ccc(N)c(OC(C)C)n2)C1. The van der Waals surface area contributed by atoms with Gasteiger partial charge in [-0.2, -0.15) is 4.98 Å². The van der Waals surface area contributed by atoms with E-state index in [1.165, 1.54) is 12.8 Å². The minimum atomic E-state index is 0.0553. The standard InChI is InChI=1S/C15H24N2O2/c1-10(2)18-15-13(16)7-8-14(17-15)19-12-6-4-5-11(3)9-12/h7-8,10-12H,4-6,9,16H2,1-3H3. The summed E-state index contributed by atoms with van der Waals surface area (Å²) in [4.78, 5) is 4.36. The number of anilines is 1. The van der Waals surface area contributed by atoms with Crippen LogP contribution in [-0.2, 0) is 0 Å². The topological polar surface area (TPSA) is 57.4 Å². The van der Waals surface area contributed by atoms with Crippen molar-refractivity contribution in [2.24, 2.45) is 5.92 Å². The van der Waals surface area contributed by atoms with Gasteiger partial charge in [-0.1, -0.05) is 13.3 Å². The van der Waals surface area contributed by atoms with E-state index in [9.17, 15) is 0 Å². The lowest BCUT2D eigenvalue weighted by Crippen LogP contribution is -2.24. The molecule has 1 aliphatic carbocycles. The lowest BCUT2D eigenvalue weighted by molar-refractivity contribution is 0.122. The van der Waals surface area contributed by atoms with Crippen LogP contribution in [0.2, 0.25) is 0 Å². The Labute approximate surface area is 115 Å². The number of pyridine rings is 1. The molecule has 106 valence electrons. The van der Waals surface area contributed by atoms with E-state index in [0.717, 1.165) is 18.8 Å². The molecule has 0 spiro atoms. The molecule has 4 nitrogen and oxygen atoms in total. The van der Waals surface area contributed by atoms with Crippen LogP contribution in [0.5, 0.6) is 11.8 Å². The van der Waals surface area contributed by atoms with E-state index >= 15 is 0 Å². The Kier molecular flexibility index (Phi) is 4.51. The number of aromatic nitrogens is 1. The monoisotopic (exact) mass is 264 g/mol. The van der Waals surface area contributed by atoms with E-state index in [2.05, 4.69) is 11.9 Å². The predicted octanol–water partition coefficient (Wildman–Crippen LogP) is 3.41. The molecule has 1 aromatic rings. The highest BCUT2D eigenvalue weighted by Gasteiger charge is 2.21. The Bertz CT molecular complexity index is 421. The van der Waals surface area contributed by atoms with Crippen molar-refractivity contribution in [1.82, 2.24) is 4.98 Å². The molecule has 2 N–H and O–H groups in total. The van der Waals surface area contributed by atoms with Crippen LogP contribution in [0.4, 0.5) is 5.69 Å². The van der Waals surface area contributed by atoms with Crippen LogP contribution in [0.15, 0.2) is 12.1 Å². The number of hydrogen-bond acceptors (Lipinski definition) is 4. The van der Waals surface area contributed by atoms with Gasteiger partial charge in [0.25, 0.3) is 0 Å². The molecule has 0 amide bonds. The molecule has 1 aliphatic rings. The van der Waals surface area contributed by atoms with Gasteiger partial charge < -0.3 is 15.2 Å². The van der Waals surface area contributed by atoms with Gasteiger partial charge in [-0.3, -0.25) is 0 Å². The van der Waals surface area contributed by atoms with Gasteiger partial charge in [-0.15, -0.1) is 0 Å². The molecule has 1 aromatic heterocycles. The molecule has 0 aliphatic heterocycles. The van der Waals surface area contributed by atoms with Crippen molar-refractivity contribution in [3.63, 3.8) is 0 Å². The van der Waals surface area contributed by atoms with Gasteiger partial charge in [0, 0.05) is 6.07 Å². The molecule has 0 aromatic carbocycles. The van der Waals surface area contributed by atoms with Crippen molar-refractivity contribution in [1.29, 1.82) is 0 Å². The van der Waals surface area contributed by atoms with Gasteiger partial charge in [-0.25, -0.2) is 0 Å². The third kappa shape index (κ3) is 4.01. The maximum atomic E-state index is 5.96. The largest absolute Gasteiger partial charge is 0.474 e. The van der Waals surface area contributed by atoms with Crippen LogP contribution >= 0.6 is 0 Å². The third-order valence-electron chi connectivity index (χ3n) is 3.39. The van der Waals surface area contributed by atoms with Crippen molar-refractivity contribution >= 4 is 5.69 Å². The Morgan fingerprint density at radius 1 is 1.32 bits per heavy atom. The summed E-state index contributed by atoms with van der Waals surface area (Å²) in [6.07, 6.45) is 5.07. The van der Waals surface area contributed by atoms with Gasteiger partial charge in [-0.05, 0) is 45.1 Å². The molecule has 2 unspecified atom stereocenters. The van der Waals surface area contributed by atoms with Crippen molar-refractivity contribution in [2.75, 3.05) is 5.73 Å². The summed E-state index contributed by atoms with van der Waals surface area (Å²) in [6.45, 7) is 6.19. The zero-order valence-electron chi connectivity index (χ0n) is 12.1. The first-order valence-electron chi connectivity index (χ1n) is 7.14. The van der Waals surface area contributed by atoms with Gasteiger partial charge >= 0.3 is 0 Å². The number of nitrogens with zero attached hydrogens (tertiary/aromatic N) is 1. The van der Waals surface area contributed by atoms with E-state index in [0.29, 0.717) is 17.4 Å². The Hall–Kier alpha value is -1.45. The summed E-state index contributed by atoms with van der Waals surface area (Å²) in [5.41, 5.74) is 6.40. The zero-order valence-corrected chi connectivity index (χ0v) is 12.1. The summed E-state index contributed by atoms with van der Waals surface area (Å²) >= 11 is 0. The molecule has 1 fully saturated rings. The number of nitrogens with two attached hydrogens (primary N) is 1. The lowest BCUT2D eigenvalue weighted by Gasteiger charge is -2.27. The molecule has 2 atom stereocenters. The molecule has 0 bridgehead atoms. The van der Waals surface area contributed by atoms with Crippen molar-refractivity contribution < 1.29 is 9.47 Å². The maximum absolute atomic E-state index is 5.96. The summed E-state index contributed by atoms with van der Waals surface area (Å²) < 4.78 is 11.5. The van der Waals surface area contributed by atoms with Crippen LogP contribution in [0.3, 0.4) is 0 Å². The second-order valence-electron chi connectivity index (χ2n) is 5.72. The van der Waals surface area contributed by atoms with Crippen molar-refractivity contribution in [2.45, 2.75) is 58.7 Å². The fourth-order valence-corrected chi connectivity index (χ4v) is 2.47. The van der Waals surface area contributed by atoms with Crippen molar-refractivity contribution in [3.8, 4) is 11.8 Å². The molecule has 1 heterocycles. The fourth-order valence-electron chi connectivity index (χ4n) is 2.47. The zero-order chi connectivity index (χ0) is 13.8. The first-order valence-corrected chi connectivity index (χ1v) is 7.14. The van der Waals surface area contributed by atoms with Gasteiger partial charge in [0.2, 0.25) is 11.8 Å².